The molecule has 0 spiro atoms. The lowest BCUT2D eigenvalue weighted by Gasteiger charge is -2.23. The summed E-state index contributed by atoms with van der Waals surface area (Å²) in [6, 6.07) is 8.45. The van der Waals surface area contributed by atoms with Gasteiger partial charge < -0.3 is 9.13 Å². The van der Waals surface area contributed by atoms with Crippen LogP contribution in [0, 0.1) is 18.8 Å². The second-order valence-electron chi connectivity index (χ2n) is 7.62. The zero-order chi connectivity index (χ0) is 17.0. The Kier molecular flexibility index (Phi) is 3.34. The molecular weight excluding hydrogens is 310 g/mol. The van der Waals surface area contributed by atoms with Gasteiger partial charge in [-0.3, -0.25) is 4.79 Å². The third-order valence-electron chi connectivity index (χ3n) is 5.90. The lowest BCUT2D eigenvalue weighted by atomic mass is 9.85. The lowest BCUT2D eigenvalue weighted by Crippen LogP contribution is -2.27. The first-order valence-corrected chi connectivity index (χ1v) is 9.34. The molecule has 2 heterocycles. The maximum absolute atomic E-state index is 13.3. The third-order valence-corrected chi connectivity index (χ3v) is 5.90. The first kappa shape index (κ1) is 14.9. The van der Waals surface area contributed by atoms with Crippen LogP contribution in [0.25, 0.3) is 10.9 Å². The summed E-state index contributed by atoms with van der Waals surface area (Å²) in [5.74, 6) is 2.16. The fraction of sp³-hybridized carbons (Fsp3) is 0.429. The fourth-order valence-corrected chi connectivity index (χ4v) is 4.31. The van der Waals surface area contributed by atoms with Crippen LogP contribution < -0.4 is 0 Å². The predicted molar refractivity (Wildman–Crippen MR) is 97.8 cm³/mol. The summed E-state index contributed by atoms with van der Waals surface area (Å²) in [5.41, 5.74) is 3.51. The summed E-state index contributed by atoms with van der Waals surface area (Å²) < 4.78 is 4.55. The molecule has 128 valence electrons. The second kappa shape index (κ2) is 5.58. The molecular formula is C21H23N3O. The van der Waals surface area contributed by atoms with Gasteiger partial charge in [0.05, 0.1) is 0 Å². The van der Waals surface area contributed by atoms with Crippen molar-refractivity contribution in [3.05, 3.63) is 53.7 Å². The third kappa shape index (κ3) is 2.43. The van der Waals surface area contributed by atoms with Crippen LogP contribution in [-0.4, -0.2) is 19.9 Å². The van der Waals surface area contributed by atoms with Crippen LogP contribution in [0.15, 0.2) is 36.7 Å². The maximum atomic E-state index is 13.3. The molecule has 1 saturated carbocycles. The molecule has 2 aromatic heterocycles. The van der Waals surface area contributed by atoms with Crippen molar-refractivity contribution in [2.75, 3.05) is 0 Å². The highest BCUT2D eigenvalue weighted by molar-refractivity contribution is 6.11. The number of aromatic nitrogens is 3. The Labute approximate surface area is 147 Å². The minimum Gasteiger partial charge on any atom is -0.344 e. The number of ketones is 1. The van der Waals surface area contributed by atoms with Crippen molar-refractivity contribution in [3.8, 4) is 0 Å². The summed E-state index contributed by atoms with van der Waals surface area (Å²) in [4.78, 5) is 17.6. The van der Waals surface area contributed by atoms with Crippen molar-refractivity contribution < 1.29 is 4.79 Å². The number of para-hydroxylation sites is 1. The normalized spacial score (nSPS) is 20.2. The zero-order valence-electron chi connectivity index (χ0n) is 14.6. The second-order valence-corrected chi connectivity index (χ2v) is 7.62. The van der Waals surface area contributed by atoms with Gasteiger partial charge >= 0.3 is 0 Å². The van der Waals surface area contributed by atoms with Gasteiger partial charge in [0.2, 0.25) is 0 Å². The van der Waals surface area contributed by atoms with E-state index in [-0.39, 0.29) is 5.92 Å². The van der Waals surface area contributed by atoms with Crippen LogP contribution in [0.3, 0.4) is 0 Å². The molecule has 1 aromatic carbocycles. The molecule has 3 aromatic rings. The van der Waals surface area contributed by atoms with Crippen molar-refractivity contribution in [2.24, 2.45) is 11.8 Å². The zero-order valence-corrected chi connectivity index (χ0v) is 14.6. The SMILES string of the molecule is Cc1nccn1CC1CCc2c(c3ccccc3n2CC2CC2)C1=O. The van der Waals surface area contributed by atoms with E-state index in [0.717, 1.165) is 48.6 Å². The molecule has 0 N–H and O–H groups in total. The highest BCUT2D eigenvalue weighted by Gasteiger charge is 2.34. The molecule has 0 saturated heterocycles. The van der Waals surface area contributed by atoms with Gasteiger partial charge in [0.25, 0.3) is 0 Å². The Morgan fingerprint density at radius 1 is 1.16 bits per heavy atom. The predicted octanol–water partition coefficient (Wildman–Crippen LogP) is 4.00. The van der Waals surface area contributed by atoms with Crippen LogP contribution in [-0.2, 0) is 19.5 Å². The first-order valence-electron chi connectivity index (χ1n) is 9.34. The molecule has 1 atom stereocenters. The van der Waals surface area contributed by atoms with Crippen LogP contribution in [0.5, 0.6) is 0 Å². The maximum Gasteiger partial charge on any atom is 0.170 e. The van der Waals surface area contributed by atoms with Gasteiger partial charge in [0, 0.05) is 53.6 Å². The van der Waals surface area contributed by atoms with E-state index in [2.05, 4.69) is 38.4 Å². The minimum absolute atomic E-state index is 0.0561. The van der Waals surface area contributed by atoms with Crippen molar-refractivity contribution >= 4 is 16.7 Å². The van der Waals surface area contributed by atoms with Crippen molar-refractivity contribution in [1.29, 1.82) is 0 Å². The van der Waals surface area contributed by atoms with Crippen LogP contribution in [0.4, 0.5) is 0 Å². The number of hydrogen-bond acceptors (Lipinski definition) is 2. The van der Waals surface area contributed by atoms with Gasteiger partial charge in [-0.1, -0.05) is 18.2 Å². The number of nitrogens with zero attached hydrogens (tertiary/aromatic N) is 3. The lowest BCUT2D eigenvalue weighted by molar-refractivity contribution is 0.0887. The Morgan fingerprint density at radius 2 is 2.00 bits per heavy atom. The van der Waals surface area contributed by atoms with Crippen molar-refractivity contribution in [3.63, 3.8) is 0 Å². The van der Waals surface area contributed by atoms with Gasteiger partial charge in [0.15, 0.2) is 5.78 Å². The number of rotatable bonds is 4. The number of aryl methyl sites for hydroxylation is 1. The molecule has 5 rings (SSSR count). The number of hydrogen-bond donors (Lipinski definition) is 0. The van der Waals surface area contributed by atoms with Crippen LogP contribution in [0.2, 0.25) is 0 Å². The minimum atomic E-state index is 0.0561. The van der Waals surface area contributed by atoms with E-state index < -0.39 is 0 Å². The van der Waals surface area contributed by atoms with Crippen LogP contribution >= 0.6 is 0 Å². The number of Topliss-reactive ketones (excluding diaryl/α,β-unsaturated/α-hetero) is 1. The smallest absolute Gasteiger partial charge is 0.170 e. The molecule has 0 amide bonds. The summed E-state index contributed by atoms with van der Waals surface area (Å²) >= 11 is 0. The number of imidazole rings is 1. The Bertz CT molecular complexity index is 961. The molecule has 25 heavy (non-hydrogen) atoms. The number of benzene rings is 1. The topological polar surface area (TPSA) is 39.8 Å². The van der Waals surface area contributed by atoms with Crippen molar-refractivity contribution in [2.45, 2.75) is 45.7 Å². The molecule has 4 heteroatoms. The summed E-state index contributed by atoms with van der Waals surface area (Å²) in [6.45, 7) is 3.82. The molecule has 1 fully saturated rings. The van der Waals surface area contributed by atoms with E-state index in [9.17, 15) is 4.79 Å². The molecule has 2 aliphatic carbocycles. The van der Waals surface area contributed by atoms with Gasteiger partial charge in [-0.15, -0.1) is 0 Å². The van der Waals surface area contributed by atoms with Crippen LogP contribution in [0.1, 0.15) is 41.1 Å². The molecule has 1 unspecified atom stereocenters. The molecule has 0 aliphatic heterocycles. The summed E-state index contributed by atoms with van der Waals surface area (Å²) in [5, 5.41) is 1.15. The van der Waals surface area contributed by atoms with Gasteiger partial charge in [-0.05, 0) is 44.6 Å². The standard InChI is InChI=1S/C21H23N3O/c1-14-22-10-11-23(14)13-16-8-9-19-20(21(16)25)17-4-2-3-5-18(17)24(19)12-15-6-7-15/h2-5,10-11,15-16H,6-9,12-13H2,1H3. The quantitative estimate of drug-likeness (QED) is 0.724. The first-order chi connectivity index (χ1) is 12.2. The highest BCUT2D eigenvalue weighted by Crippen LogP contribution is 2.38. The summed E-state index contributed by atoms with van der Waals surface area (Å²) in [6.07, 6.45) is 8.39. The Balaban J connectivity index is 1.56. The average Bonchev–Trinajstić information content (AvgIpc) is 3.27. The molecule has 0 radical (unpaired) electrons. The van der Waals surface area contributed by atoms with Gasteiger partial charge in [0.1, 0.15) is 5.82 Å². The Hall–Kier alpha value is -2.36. The van der Waals surface area contributed by atoms with E-state index >= 15 is 0 Å². The van der Waals surface area contributed by atoms with E-state index in [0.29, 0.717) is 5.78 Å². The number of carbonyl (C=O) groups excluding carboxylic acids is 1. The molecule has 0 bridgehead atoms. The van der Waals surface area contributed by atoms with Gasteiger partial charge in [-0.25, -0.2) is 4.98 Å². The summed E-state index contributed by atoms with van der Waals surface area (Å²) in [7, 11) is 0. The van der Waals surface area contributed by atoms with E-state index in [1.807, 2.05) is 19.3 Å². The monoisotopic (exact) mass is 333 g/mol. The van der Waals surface area contributed by atoms with E-state index in [1.165, 1.54) is 24.1 Å². The van der Waals surface area contributed by atoms with E-state index in [4.69, 9.17) is 0 Å². The number of fused-ring (bicyclic) bond motifs is 3. The van der Waals surface area contributed by atoms with Crippen molar-refractivity contribution in [1.82, 2.24) is 14.1 Å². The average molecular weight is 333 g/mol. The Morgan fingerprint density at radius 3 is 2.76 bits per heavy atom. The highest BCUT2D eigenvalue weighted by atomic mass is 16.1. The largest absolute Gasteiger partial charge is 0.344 e. The number of carbonyl (C=O) groups is 1. The molecule has 4 nitrogen and oxygen atoms in total. The van der Waals surface area contributed by atoms with Gasteiger partial charge in [-0.2, -0.15) is 0 Å². The molecule has 2 aliphatic rings. The van der Waals surface area contributed by atoms with E-state index in [1.54, 1.807) is 0 Å². The fourth-order valence-electron chi connectivity index (χ4n) is 4.31.